The van der Waals surface area contributed by atoms with Gasteiger partial charge in [0, 0.05) is 24.1 Å². The third-order valence-electron chi connectivity index (χ3n) is 7.15. The van der Waals surface area contributed by atoms with Gasteiger partial charge in [-0.1, -0.05) is 61.9 Å². The number of tetrazole rings is 1. The molecule has 2 aromatic carbocycles. The van der Waals surface area contributed by atoms with Gasteiger partial charge in [0.1, 0.15) is 11.3 Å². The van der Waals surface area contributed by atoms with E-state index in [1.807, 2.05) is 28.8 Å². The van der Waals surface area contributed by atoms with Crippen LogP contribution in [0.4, 0.5) is 0 Å². The number of unbranched alkanes of at least 4 members (excludes halogenated alkanes) is 1. The fourth-order valence-corrected chi connectivity index (χ4v) is 5.05. The largest absolute Gasteiger partial charge is 0.618 e. The zero-order chi connectivity index (χ0) is 29.1. The van der Waals surface area contributed by atoms with Gasteiger partial charge in [0.2, 0.25) is 11.5 Å². The van der Waals surface area contributed by atoms with Gasteiger partial charge < -0.3 is 14.5 Å². The summed E-state index contributed by atoms with van der Waals surface area (Å²) in [5.74, 6) is 0.773. The summed E-state index contributed by atoms with van der Waals surface area (Å²) >= 11 is 0. The molecule has 0 spiro atoms. The van der Waals surface area contributed by atoms with E-state index in [-0.39, 0.29) is 5.69 Å². The molecular formula is C31H28N8O3. The Kier molecular flexibility index (Phi) is 7.37. The number of fused-ring (bicyclic) bond motifs is 1. The molecule has 0 saturated carbocycles. The molecule has 0 bridgehead atoms. The van der Waals surface area contributed by atoms with Crippen LogP contribution in [0.1, 0.15) is 41.6 Å². The molecule has 6 rings (SSSR count). The Morgan fingerprint density at radius 1 is 1.00 bits per heavy atom. The number of aromatic amines is 1. The highest BCUT2D eigenvalue weighted by Crippen LogP contribution is 2.31. The average molecular weight is 561 g/mol. The zero-order valence-electron chi connectivity index (χ0n) is 23.2. The van der Waals surface area contributed by atoms with Crippen LogP contribution in [-0.2, 0) is 17.7 Å². The van der Waals surface area contributed by atoms with Crippen LogP contribution in [0.25, 0.3) is 44.9 Å². The molecule has 210 valence electrons. The summed E-state index contributed by atoms with van der Waals surface area (Å²) in [5.41, 5.74) is 5.85. The first-order chi connectivity index (χ1) is 20.6. The summed E-state index contributed by atoms with van der Waals surface area (Å²) in [7, 11) is 1.30. The highest BCUT2D eigenvalue weighted by atomic mass is 16.5. The third-order valence-corrected chi connectivity index (χ3v) is 7.15. The van der Waals surface area contributed by atoms with Gasteiger partial charge in [-0.05, 0) is 40.5 Å². The predicted octanol–water partition coefficient (Wildman–Crippen LogP) is 4.76. The van der Waals surface area contributed by atoms with E-state index < -0.39 is 5.97 Å². The van der Waals surface area contributed by atoms with Crippen molar-refractivity contribution in [1.82, 2.24) is 35.2 Å². The molecule has 0 aliphatic heterocycles. The molecule has 0 aliphatic rings. The Morgan fingerprint density at radius 2 is 1.79 bits per heavy atom. The summed E-state index contributed by atoms with van der Waals surface area (Å²) in [5, 5.41) is 27.1. The number of H-pyrrole nitrogens is 1. The number of hydrogen-bond donors (Lipinski definition) is 1. The number of imidazole rings is 1. The van der Waals surface area contributed by atoms with Crippen molar-refractivity contribution < 1.29 is 14.3 Å². The van der Waals surface area contributed by atoms with Gasteiger partial charge in [0.15, 0.2) is 17.5 Å². The van der Waals surface area contributed by atoms with Crippen molar-refractivity contribution in [2.45, 2.75) is 32.7 Å². The SMILES string of the molecule is CCCCc1nc2cc(-c3cccc[n+]3[O-])c(C(=O)OC)nc2n1Cc1ccc(-c2ccccc2-c2nn[nH]n2)cc1. The number of aryl methyl sites for hydroxylation is 1. The van der Waals surface area contributed by atoms with Gasteiger partial charge in [0.25, 0.3) is 0 Å². The zero-order valence-corrected chi connectivity index (χ0v) is 23.2. The number of nitrogens with zero attached hydrogens (tertiary/aromatic N) is 7. The maximum absolute atomic E-state index is 12.9. The molecule has 1 N–H and O–H groups in total. The lowest BCUT2D eigenvalue weighted by atomic mass is 9.98. The highest BCUT2D eigenvalue weighted by Gasteiger charge is 2.25. The van der Waals surface area contributed by atoms with Crippen LogP contribution in [0.15, 0.2) is 79.0 Å². The maximum Gasteiger partial charge on any atom is 0.357 e. The van der Waals surface area contributed by atoms with Gasteiger partial charge in [-0.3, -0.25) is 0 Å². The predicted molar refractivity (Wildman–Crippen MR) is 156 cm³/mol. The molecule has 0 radical (unpaired) electrons. The molecule has 0 fully saturated rings. The van der Waals surface area contributed by atoms with Gasteiger partial charge in [-0.25, -0.2) is 14.8 Å². The van der Waals surface area contributed by atoms with E-state index in [0.29, 0.717) is 39.5 Å². The Bertz CT molecular complexity index is 1860. The smallest absolute Gasteiger partial charge is 0.357 e. The summed E-state index contributed by atoms with van der Waals surface area (Å²) in [6, 6.07) is 23.0. The van der Waals surface area contributed by atoms with Crippen molar-refractivity contribution >= 4 is 17.1 Å². The minimum absolute atomic E-state index is 0.0670. The highest BCUT2D eigenvalue weighted by molar-refractivity contribution is 5.97. The fourth-order valence-electron chi connectivity index (χ4n) is 5.05. The van der Waals surface area contributed by atoms with E-state index >= 15 is 0 Å². The van der Waals surface area contributed by atoms with E-state index in [9.17, 15) is 10.0 Å². The van der Waals surface area contributed by atoms with Crippen LogP contribution < -0.4 is 4.73 Å². The summed E-state index contributed by atoms with van der Waals surface area (Å²) in [6.07, 6.45) is 4.09. The number of ether oxygens (including phenoxy) is 1. The number of nitrogens with one attached hydrogen (secondary N) is 1. The molecule has 42 heavy (non-hydrogen) atoms. The summed E-state index contributed by atoms with van der Waals surface area (Å²) < 4.78 is 7.80. The summed E-state index contributed by atoms with van der Waals surface area (Å²) in [4.78, 5) is 22.5. The van der Waals surface area contributed by atoms with E-state index in [2.05, 4.69) is 51.8 Å². The lowest BCUT2D eigenvalue weighted by Gasteiger charge is -2.12. The third kappa shape index (κ3) is 5.07. The first-order valence-electron chi connectivity index (χ1n) is 13.7. The van der Waals surface area contributed by atoms with Crippen molar-refractivity contribution in [3.8, 4) is 33.8 Å². The minimum Gasteiger partial charge on any atom is -0.618 e. The van der Waals surface area contributed by atoms with Crippen molar-refractivity contribution in [1.29, 1.82) is 0 Å². The Hall–Kier alpha value is -5.45. The molecule has 4 aromatic heterocycles. The van der Waals surface area contributed by atoms with Gasteiger partial charge in [0.05, 0.1) is 19.2 Å². The van der Waals surface area contributed by atoms with Crippen LogP contribution in [-0.4, -0.2) is 48.2 Å². The number of benzene rings is 2. The summed E-state index contributed by atoms with van der Waals surface area (Å²) in [6.45, 7) is 2.63. The van der Waals surface area contributed by atoms with Crippen LogP contribution in [0.3, 0.4) is 0 Å². The molecule has 4 heterocycles. The van der Waals surface area contributed by atoms with Crippen molar-refractivity contribution in [2.75, 3.05) is 7.11 Å². The lowest BCUT2D eigenvalue weighted by molar-refractivity contribution is -0.593. The number of methoxy groups -OCH3 is 1. The number of hydrogen-bond acceptors (Lipinski definition) is 8. The Morgan fingerprint density at radius 3 is 2.50 bits per heavy atom. The second kappa shape index (κ2) is 11.6. The molecule has 0 unspecified atom stereocenters. The van der Waals surface area contributed by atoms with Crippen molar-refractivity contribution in [2.24, 2.45) is 0 Å². The standard InChI is InChI=1S/C31H28N8O3/c1-3-4-12-27-32-25-18-24(26-11-7-8-17-39(26)41)28(31(40)42-2)33-30(25)38(27)19-20-13-15-21(16-14-20)22-9-5-6-10-23(22)29-34-36-37-35-29/h5-11,13-18H,3-4,12,19H2,1-2H3,(H,34,35,36,37). The number of carbonyl (C=O) groups excluding carboxylic acids is 1. The first kappa shape index (κ1) is 26.8. The minimum atomic E-state index is -0.622. The number of esters is 1. The topological polar surface area (TPSA) is 138 Å². The maximum atomic E-state index is 12.9. The molecule has 11 nitrogen and oxygen atoms in total. The van der Waals surface area contributed by atoms with Crippen molar-refractivity contribution in [3.63, 3.8) is 0 Å². The Balaban J connectivity index is 1.41. The molecular weight excluding hydrogens is 532 g/mol. The van der Waals surface area contributed by atoms with Crippen LogP contribution in [0, 0.1) is 5.21 Å². The quantitative estimate of drug-likeness (QED) is 0.152. The number of aromatic nitrogens is 8. The second-order valence-electron chi connectivity index (χ2n) is 9.83. The van der Waals surface area contributed by atoms with Crippen LogP contribution in [0.5, 0.6) is 0 Å². The molecule has 6 aromatic rings. The molecule has 0 atom stereocenters. The molecule has 0 amide bonds. The number of pyridine rings is 2. The van der Waals surface area contributed by atoms with E-state index in [1.165, 1.54) is 13.3 Å². The first-order valence-corrected chi connectivity index (χ1v) is 13.7. The lowest BCUT2D eigenvalue weighted by Crippen LogP contribution is -2.29. The van der Waals surface area contributed by atoms with Crippen molar-refractivity contribution in [3.05, 3.63) is 101 Å². The normalized spacial score (nSPS) is 11.2. The molecule has 0 saturated heterocycles. The van der Waals surface area contributed by atoms with Gasteiger partial charge >= 0.3 is 5.97 Å². The van der Waals surface area contributed by atoms with E-state index in [0.717, 1.165) is 47.3 Å². The number of carbonyl (C=O) groups is 1. The second-order valence-corrected chi connectivity index (χ2v) is 9.83. The number of rotatable bonds is 9. The van der Waals surface area contributed by atoms with Gasteiger partial charge in [-0.15, -0.1) is 10.2 Å². The van der Waals surface area contributed by atoms with Crippen LogP contribution >= 0.6 is 0 Å². The van der Waals surface area contributed by atoms with Gasteiger partial charge in [-0.2, -0.15) is 9.94 Å². The molecule has 0 aliphatic carbocycles. The monoisotopic (exact) mass is 560 g/mol. The van der Waals surface area contributed by atoms with E-state index in [1.54, 1.807) is 24.3 Å². The molecule has 11 heteroatoms. The average Bonchev–Trinajstić information content (AvgIpc) is 3.68. The fraction of sp³-hybridized carbons (Fsp3) is 0.194. The Labute approximate surface area is 241 Å². The van der Waals surface area contributed by atoms with E-state index in [4.69, 9.17) is 14.7 Å². The van der Waals surface area contributed by atoms with Crippen LogP contribution in [0.2, 0.25) is 0 Å².